The van der Waals surface area contributed by atoms with Gasteiger partial charge in [0.1, 0.15) is 18.1 Å². The summed E-state index contributed by atoms with van der Waals surface area (Å²) in [6.07, 6.45) is 4.55. The van der Waals surface area contributed by atoms with Crippen LogP contribution >= 0.6 is 0 Å². The summed E-state index contributed by atoms with van der Waals surface area (Å²) in [5.74, 6) is 0. The van der Waals surface area contributed by atoms with E-state index in [-0.39, 0.29) is 0 Å². The van der Waals surface area contributed by atoms with E-state index in [1.165, 1.54) is 0 Å². The predicted molar refractivity (Wildman–Crippen MR) is 51.9 cm³/mol. The molecule has 0 amide bonds. The van der Waals surface area contributed by atoms with Crippen LogP contribution in [0, 0.1) is 0 Å². The Morgan fingerprint density at radius 2 is 2.50 bits per heavy atom. The Morgan fingerprint density at radius 3 is 3.21 bits per heavy atom. The Morgan fingerprint density at radius 1 is 1.64 bits per heavy atom. The summed E-state index contributed by atoms with van der Waals surface area (Å²) in [4.78, 5) is 8.22. The van der Waals surface area contributed by atoms with Gasteiger partial charge in [-0.3, -0.25) is 4.40 Å². The highest BCUT2D eigenvalue weighted by Gasteiger charge is 2.10. The van der Waals surface area contributed by atoms with Crippen LogP contribution in [0.15, 0.2) is 24.8 Å². The van der Waals surface area contributed by atoms with Crippen LogP contribution in [0.5, 0.6) is 0 Å². The monoisotopic (exact) mass is 192 g/mol. The molecule has 5 nitrogen and oxygen atoms in total. The summed E-state index contributed by atoms with van der Waals surface area (Å²) in [7, 11) is 1.79. The van der Waals surface area contributed by atoms with E-state index in [0.717, 1.165) is 5.65 Å². The molecule has 0 saturated carbocycles. The molecule has 2 aromatic rings. The first-order chi connectivity index (χ1) is 6.81. The fourth-order valence-corrected chi connectivity index (χ4v) is 1.32. The van der Waals surface area contributed by atoms with Crippen LogP contribution in [-0.2, 0) is 0 Å². The van der Waals surface area contributed by atoms with Gasteiger partial charge in [0.15, 0.2) is 0 Å². The molecule has 2 aromatic heterocycles. The number of rotatable bonds is 3. The van der Waals surface area contributed by atoms with E-state index in [9.17, 15) is 5.11 Å². The summed E-state index contributed by atoms with van der Waals surface area (Å²) in [5.41, 5.74) is 1.46. The molecule has 0 spiro atoms. The van der Waals surface area contributed by atoms with E-state index >= 15 is 0 Å². The zero-order valence-corrected chi connectivity index (χ0v) is 7.88. The van der Waals surface area contributed by atoms with Crippen LogP contribution < -0.4 is 5.32 Å². The number of likely N-dealkylation sites (N-methyl/N-ethyl adjacent to an activating group) is 1. The Kier molecular flexibility index (Phi) is 2.43. The lowest BCUT2D eigenvalue weighted by atomic mass is 10.3. The molecule has 0 radical (unpaired) electrons. The fraction of sp³-hybridized carbons (Fsp3) is 0.333. The quantitative estimate of drug-likeness (QED) is 0.717. The normalized spacial score (nSPS) is 13.3. The van der Waals surface area contributed by atoms with Crippen molar-refractivity contribution in [2.75, 3.05) is 13.6 Å². The van der Waals surface area contributed by atoms with Gasteiger partial charge in [0, 0.05) is 18.9 Å². The maximum absolute atomic E-state index is 9.66. The van der Waals surface area contributed by atoms with Gasteiger partial charge in [-0.15, -0.1) is 0 Å². The van der Waals surface area contributed by atoms with Crippen molar-refractivity contribution in [3.63, 3.8) is 0 Å². The van der Waals surface area contributed by atoms with Gasteiger partial charge < -0.3 is 10.4 Å². The first-order valence-corrected chi connectivity index (χ1v) is 4.42. The molecule has 14 heavy (non-hydrogen) atoms. The van der Waals surface area contributed by atoms with Gasteiger partial charge in [-0.1, -0.05) is 0 Å². The standard InChI is InChI=1S/C9H12N4O/c1-10-4-8(14)7-5-13-6-11-3-2-9(13)12-7/h2-3,5-6,8,10,14H,4H2,1H3. The minimum absolute atomic E-state index is 0.497. The average molecular weight is 192 g/mol. The summed E-state index contributed by atoms with van der Waals surface area (Å²) in [5, 5.41) is 12.6. The molecule has 74 valence electrons. The lowest BCUT2D eigenvalue weighted by Gasteiger charge is -2.04. The molecule has 2 N–H and O–H groups in total. The van der Waals surface area contributed by atoms with Crippen LogP contribution in [0.1, 0.15) is 11.8 Å². The third-order valence-electron chi connectivity index (χ3n) is 2.02. The van der Waals surface area contributed by atoms with Gasteiger partial charge in [0.25, 0.3) is 0 Å². The Bertz CT molecular complexity index is 392. The highest BCUT2D eigenvalue weighted by Crippen LogP contribution is 2.11. The molecular weight excluding hydrogens is 180 g/mol. The van der Waals surface area contributed by atoms with Gasteiger partial charge >= 0.3 is 0 Å². The second-order valence-electron chi connectivity index (χ2n) is 3.08. The number of nitrogens with one attached hydrogen (secondary N) is 1. The van der Waals surface area contributed by atoms with Crippen LogP contribution in [0.2, 0.25) is 0 Å². The molecule has 2 rings (SSSR count). The summed E-state index contributed by atoms with van der Waals surface area (Å²) >= 11 is 0. The van der Waals surface area contributed by atoms with Crippen LogP contribution in [0.25, 0.3) is 5.65 Å². The first-order valence-electron chi connectivity index (χ1n) is 4.42. The lowest BCUT2D eigenvalue weighted by molar-refractivity contribution is 0.173. The zero-order chi connectivity index (χ0) is 9.97. The van der Waals surface area contributed by atoms with Gasteiger partial charge in [0.05, 0.1) is 5.69 Å². The maximum Gasteiger partial charge on any atom is 0.139 e. The number of fused-ring (bicyclic) bond motifs is 1. The molecular formula is C9H12N4O. The molecule has 0 fully saturated rings. The number of aromatic nitrogens is 3. The van der Waals surface area contributed by atoms with Crippen LogP contribution in [-0.4, -0.2) is 33.1 Å². The number of hydrogen-bond acceptors (Lipinski definition) is 4. The van der Waals surface area contributed by atoms with Crippen molar-refractivity contribution in [2.45, 2.75) is 6.10 Å². The maximum atomic E-state index is 9.66. The summed E-state index contributed by atoms with van der Waals surface area (Å²) < 4.78 is 1.79. The minimum atomic E-state index is -0.570. The molecule has 0 saturated heterocycles. The summed E-state index contributed by atoms with van der Waals surface area (Å²) in [6, 6.07) is 1.80. The van der Waals surface area contributed by atoms with E-state index in [2.05, 4.69) is 15.3 Å². The molecule has 1 atom stereocenters. The molecule has 0 aromatic carbocycles. The number of hydrogen-bond donors (Lipinski definition) is 2. The molecule has 0 aliphatic rings. The lowest BCUT2D eigenvalue weighted by Crippen LogP contribution is -2.16. The van der Waals surface area contributed by atoms with Crippen LogP contribution in [0.4, 0.5) is 0 Å². The van der Waals surface area contributed by atoms with Gasteiger partial charge in [-0.05, 0) is 13.1 Å². The largest absolute Gasteiger partial charge is 0.385 e. The third-order valence-corrected chi connectivity index (χ3v) is 2.02. The van der Waals surface area contributed by atoms with Crippen molar-refractivity contribution in [3.05, 3.63) is 30.5 Å². The van der Waals surface area contributed by atoms with E-state index in [0.29, 0.717) is 12.2 Å². The Hall–Kier alpha value is -1.46. The Balaban J connectivity index is 2.35. The smallest absolute Gasteiger partial charge is 0.139 e. The molecule has 2 heterocycles. The van der Waals surface area contributed by atoms with Gasteiger partial charge in [0.2, 0.25) is 0 Å². The summed E-state index contributed by atoms with van der Waals surface area (Å²) in [6.45, 7) is 0.497. The fourth-order valence-electron chi connectivity index (χ4n) is 1.32. The van der Waals surface area contributed by atoms with E-state index in [1.54, 1.807) is 36.2 Å². The SMILES string of the molecule is CNCC(O)c1cn2cnccc2n1. The van der Waals surface area contributed by atoms with Gasteiger partial charge in [-0.2, -0.15) is 0 Å². The van der Waals surface area contributed by atoms with E-state index < -0.39 is 6.10 Å². The van der Waals surface area contributed by atoms with Crippen molar-refractivity contribution in [1.29, 1.82) is 0 Å². The second kappa shape index (κ2) is 3.73. The van der Waals surface area contributed by atoms with Gasteiger partial charge in [-0.25, -0.2) is 9.97 Å². The average Bonchev–Trinajstić information content (AvgIpc) is 2.61. The minimum Gasteiger partial charge on any atom is -0.385 e. The van der Waals surface area contributed by atoms with Crippen molar-refractivity contribution < 1.29 is 5.11 Å². The zero-order valence-electron chi connectivity index (χ0n) is 7.88. The van der Waals surface area contributed by atoms with Crippen molar-refractivity contribution in [1.82, 2.24) is 19.7 Å². The van der Waals surface area contributed by atoms with E-state index in [1.807, 2.05) is 0 Å². The predicted octanol–water partition coefficient (Wildman–Crippen LogP) is -0.0179. The number of aliphatic hydroxyl groups is 1. The third kappa shape index (κ3) is 1.59. The first kappa shape index (κ1) is 9.11. The van der Waals surface area contributed by atoms with Crippen molar-refractivity contribution >= 4 is 5.65 Å². The topological polar surface area (TPSA) is 62.5 Å². The van der Waals surface area contributed by atoms with Crippen molar-refractivity contribution in [3.8, 4) is 0 Å². The van der Waals surface area contributed by atoms with Crippen LogP contribution in [0.3, 0.4) is 0 Å². The molecule has 0 aliphatic carbocycles. The number of imidazole rings is 1. The molecule has 5 heteroatoms. The molecule has 1 unspecified atom stereocenters. The highest BCUT2D eigenvalue weighted by atomic mass is 16.3. The number of nitrogens with zero attached hydrogens (tertiary/aromatic N) is 3. The number of aliphatic hydroxyl groups excluding tert-OH is 1. The van der Waals surface area contributed by atoms with Crippen molar-refractivity contribution in [2.24, 2.45) is 0 Å². The highest BCUT2D eigenvalue weighted by molar-refractivity contribution is 5.38. The second-order valence-corrected chi connectivity index (χ2v) is 3.08. The Labute approximate surface area is 81.4 Å². The molecule has 0 bridgehead atoms. The molecule has 0 aliphatic heterocycles. The van der Waals surface area contributed by atoms with E-state index in [4.69, 9.17) is 0 Å².